The Morgan fingerprint density at radius 3 is 2.58 bits per heavy atom. The normalized spacial score (nSPS) is 12.3. The van der Waals surface area contributed by atoms with Gasteiger partial charge in [0.25, 0.3) is 0 Å². The van der Waals surface area contributed by atoms with Crippen LogP contribution >= 0.6 is 0 Å². The van der Waals surface area contributed by atoms with Gasteiger partial charge < -0.3 is 5.11 Å². The van der Waals surface area contributed by atoms with Gasteiger partial charge in [-0.1, -0.05) is 29.4 Å². The van der Waals surface area contributed by atoms with E-state index in [1.807, 2.05) is 6.07 Å². The van der Waals surface area contributed by atoms with E-state index in [1.165, 1.54) is 12.1 Å². The fraction of sp³-hybridized carbons (Fsp3) is 0.214. The number of aryl methyl sites for hydroxylation is 1. The van der Waals surface area contributed by atoms with Gasteiger partial charge in [-0.05, 0) is 41.3 Å². The van der Waals surface area contributed by atoms with Crippen molar-refractivity contribution in [1.82, 2.24) is 0 Å². The molecule has 0 radical (unpaired) electrons. The van der Waals surface area contributed by atoms with Crippen LogP contribution in [0.15, 0.2) is 41.6 Å². The van der Waals surface area contributed by atoms with E-state index < -0.39 is 12.0 Å². The Bertz CT molecular complexity index is 627. The molecule has 2 rings (SSSR count). The first-order chi connectivity index (χ1) is 9.10. The highest BCUT2D eigenvalue weighted by Gasteiger charge is 2.17. The summed E-state index contributed by atoms with van der Waals surface area (Å²) in [7, 11) is 0. The number of fused-ring (bicyclic) bond motifs is 1. The number of carbonyl (C=O) groups is 1. The van der Waals surface area contributed by atoms with Crippen LogP contribution in [0.4, 0.5) is 4.39 Å². The molecule has 0 saturated carbocycles. The average molecular weight is 261 g/mol. The van der Waals surface area contributed by atoms with Gasteiger partial charge in [0, 0.05) is 0 Å². The Balaban J connectivity index is 2.15. The number of benzene rings is 2. The molecule has 0 aliphatic carbocycles. The maximum absolute atomic E-state index is 13.0. The minimum Gasteiger partial charge on any atom is -0.480 e. The second-order valence-corrected chi connectivity index (χ2v) is 4.32. The molecule has 0 aliphatic rings. The summed E-state index contributed by atoms with van der Waals surface area (Å²) in [6.45, 7) is 0. The molecule has 19 heavy (non-hydrogen) atoms. The van der Waals surface area contributed by atoms with Crippen molar-refractivity contribution in [2.24, 2.45) is 5.18 Å². The van der Waals surface area contributed by atoms with E-state index in [0.29, 0.717) is 6.42 Å². The van der Waals surface area contributed by atoms with E-state index in [0.717, 1.165) is 16.3 Å². The van der Waals surface area contributed by atoms with Gasteiger partial charge in [-0.2, -0.15) is 0 Å². The van der Waals surface area contributed by atoms with Crippen LogP contribution in [-0.4, -0.2) is 17.1 Å². The van der Waals surface area contributed by atoms with E-state index in [-0.39, 0.29) is 12.2 Å². The van der Waals surface area contributed by atoms with Crippen LogP contribution in [0.3, 0.4) is 0 Å². The third kappa shape index (κ3) is 3.13. The van der Waals surface area contributed by atoms with Crippen LogP contribution in [-0.2, 0) is 11.2 Å². The van der Waals surface area contributed by atoms with Crippen molar-refractivity contribution in [2.45, 2.75) is 18.9 Å². The molecule has 4 nitrogen and oxygen atoms in total. The molecule has 0 spiro atoms. The van der Waals surface area contributed by atoms with Crippen LogP contribution in [0.1, 0.15) is 12.0 Å². The summed E-state index contributed by atoms with van der Waals surface area (Å²) in [6, 6.07) is 8.69. The lowest BCUT2D eigenvalue weighted by molar-refractivity contribution is -0.138. The fourth-order valence-corrected chi connectivity index (χ4v) is 1.95. The molecular weight excluding hydrogens is 249 g/mol. The largest absolute Gasteiger partial charge is 0.480 e. The molecule has 2 aromatic rings. The number of hydrogen-bond acceptors (Lipinski definition) is 3. The van der Waals surface area contributed by atoms with Gasteiger partial charge in [0.2, 0.25) is 0 Å². The number of hydrogen-bond donors (Lipinski definition) is 1. The number of carboxylic acids is 1. The number of nitrogens with zero attached hydrogens (tertiary/aromatic N) is 1. The lowest BCUT2D eigenvalue weighted by Crippen LogP contribution is -2.17. The zero-order valence-electron chi connectivity index (χ0n) is 10.0. The zero-order valence-corrected chi connectivity index (χ0v) is 10.0. The van der Waals surface area contributed by atoms with Crippen molar-refractivity contribution in [3.63, 3.8) is 0 Å². The predicted molar refractivity (Wildman–Crippen MR) is 69.4 cm³/mol. The quantitative estimate of drug-likeness (QED) is 0.841. The molecule has 1 unspecified atom stereocenters. The summed E-state index contributed by atoms with van der Waals surface area (Å²) in [6.07, 6.45) is 0.599. The molecule has 0 heterocycles. The molecule has 98 valence electrons. The highest BCUT2D eigenvalue weighted by molar-refractivity contribution is 5.83. The van der Waals surface area contributed by atoms with Gasteiger partial charge in [-0.25, -0.2) is 9.18 Å². The minimum atomic E-state index is -1.22. The van der Waals surface area contributed by atoms with E-state index in [1.54, 1.807) is 18.2 Å². The van der Waals surface area contributed by atoms with Gasteiger partial charge in [0.05, 0.1) is 0 Å². The lowest BCUT2D eigenvalue weighted by atomic mass is 10.0. The second kappa shape index (κ2) is 5.56. The number of aliphatic carboxylic acids is 1. The molecule has 0 fully saturated rings. The van der Waals surface area contributed by atoms with Gasteiger partial charge in [0.1, 0.15) is 5.82 Å². The van der Waals surface area contributed by atoms with Crippen molar-refractivity contribution in [3.8, 4) is 0 Å². The molecule has 0 aliphatic heterocycles. The Hall–Kier alpha value is -2.30. The van der Waals surface area contributed by atoms with Crippen LogP contribution in [0, 0.1) is 10.7 Å². The van der Waals surface area contributed by atoms with Gasteiger partial charge in [-0.3, -0.25) is 0 Å². The monoisotopic (exact) mass is 261 g/mol. The third-order valence-electron chi connectivity index (χ3n) is 2.99. The second-order valence-electron chi connectivity index (χ2n) is 4.32. The third-order valence-corrected chi connectivity index (χ3v) is 2.99. The first-order valence-electron chi connectivity index (χ1n) is 5.83. The topological polar surface area (TPSA) is 66.7 Å². The van der Waals surface area contributed by atoms with Gasteiger partial charge in [0.15, 0.2) is 6.04 Å². The highest BCUT2D eigenvalue weighted by atomic mass is 19.1. The molecule has 1 atom stereocenters. The predicted octanol–water partition coefficient (Wildman–Crippen LogP) is 3.13. The lowest BCUT2D eigenvalue weighted by Gasteiger charge is -2.06. The number of rotatable bonds is 5. The Labute approximate surface area is 108 Å². The van der Waals surface area contributed by atoms with Crippen molar-refractivity contribution < 1.29 is 14.3 Å². The van der Waals surface area contributed by atoms with Crippen LogP contribution < -0.4 is 0 Å². The smallest absolute Gasteiger partial charge is 0.332 e. The van der Waals surface area contributed by atoms with Gasteiger partial charge >= 0.3 is 5.97 Å². The first-order valence-corrected chi connectivity index (χ1v) is 5.83. The van der Waals surface area contributed by atoms with Crippen molar-refractivity contribution in [3.05, 3.63) is 52.7 Å². The number of halogens is 1. The summed E-state index contributed by atoms with van der Waals surface area (Å²) in [5, 5.41) is 13.0. The van der Waals surface area contributed by atoms with Crippen LogP contribution in [0.25, 0.3) is 10.8 Å². The fourth-order valence-electron chi connectivity index (χ4n) is 1.95. The minimum absolute atomic E-state index is 0.158. The molecular formula is C14H12FNO3. The van der Waals surface area contributed by atoms with E-state index in [9.17, 15) is 14.1 Å². The molecule has 0 amide bonds. The molecule has 0 bridgehead atoms. The average Bonchev–Trinajstić information content (AvgIpc) is 2.39. The molecule has 0 saturated heterocycles. The Morgan fingerprint density at radius 2 is 1.89 bits per heavy atom. The molecule has 1 N–H and O–H groups in total. The Kier molecular flexibility index (Phi) is 3.85. The molecule has 2 aromatic carbocycles. The maximum Gasteiger partial charge on any atom is 0.332 e. The summed E-state index contributed by atoms with van der Waals surface area (Å²) >= 11 is 0. The van der Waals surface area contributed by atoms with E-state index in [4.69, 9.17) is 5.11 Å². The Morgan fingerprint density at radius 1 is 1.21 bits per heavy atom. The first kappa shape index (κ1) is 13.1. The maximum atomic E-state index is 13.0. The molecule has 0 aromatic heterocycles. The highest BCUT2D eigenvalue weighted by Crippen LogP contribution is 2.19. The molecule has 5 heteroatoms. The standard InChI is InChI=1S/C14H12FNO3/c15-12-5-4-10-7-9(1-3-11(10)8-12)2-6-13(16-19)14(17)18/h1,3-5,7-8,13H,2,6H2,(H,17,18). The summed E-state index contributed by atoms with van der Waals surface area (Å²) in [5.74, 6) is -1.51. The van der Waals surface area contributed by atoms with Crippen molar-refractivity contribution in [1.29, 1.82) is 0 Å². The van der Waals surface area contributed by atoms with Gasteiger partial charge in [-0.15, -0.1) is 4.91 Å². The summed E-state index contributed by atoms with van der Waals surface area (Å²) in [4.78, 5) is 21.0. The van der Waals surface area contributed by atoms with Crippen LogP contribution in [0.5, 0.6) is 0 Å². The summed E-state index contributed by atoms with van der Waals surface area (Å²) < 4.78 is 13.0. The summed E-state index contributed by atoms with van der Waals surface area (Å²) in [5.41, 5.74) is 0.897. The zero-order chi connectivity index (χ0) is 13.8. The SMILES string of the molecule is O=NC(CCc1ccc2cc(F)ccc2c1)C(=O)O. The number of nitroso groups, excluding NO2 is 1. The van der Waals surface area contributed by atoms with E-state index >= 15 is 0 Å². The number of carboxylic acid groups (broad SMARTS) is 1. The van der Waals surface area contributed by atoms with Crippen molar-refractivity contribution >= 4 is 16.7 Å². The van der Waals surface area contributed by atoms with E-state index in [2.05, 4.69) is 5.18 Å². The van der Waals surface area contributed by atoms with Crippen LogP contribution in [0.2, 0.25) is 0 Å². The van der Waals surface area contributed by atoms with Crippen molar-refractivity contribution in [2.75, 3.05) is 0 Å².